The average Bonchev–Trinajstić information content (AvgIpc) is 2.51. The van der Waals surface area contributed by atoms with Crippen molar-refractivity contribution in [2.75, 3.05) is 7.11 Å². The Morgan fingerprint density at radius 3 is 2.62 bits per heavy atom. The van der Waals surface area contributed by atoms with Gasteiger partial charge in [0.2, 0.25) is 0 Å². The van der Waals surface area contributed by atoms with Gasteiger partial charge in [-0.15, -0.1) is 0 Å². The van der Waals surface area contributed by atoms with Crippen LogP contribution in [0.2, 0.25) is 0 Å². The second-order valence-corrected chi connectivity index (χ2v) is 4.64. The van der Waals surface area contributed by atoms with Gasteiger partial charge in [0.25, 0.3) is 0 Å². The second kappa shape index (κ2) is 7.43. The van der Waals surface area contributed by atoms with Crippen LogP contribution in [0.15, 0.2) is 48.5 Å². The minimum Gasteiger partial charge on any atom is -0.497 e. The first kappa shape index (κ1) is 15.0. The third-order valence-electron chi connectivity index (χ3n) is 3.04. The standard InChI is InChI=1S/C17H17FO3/c1-20-16-7-3-5-14(11-16)12-21-17(19)9-8-13-4-2-6-15(18)10-13/h2-7,10-11H,8-9,12H2,1H3. The van der Waals surface area contributed by atoms with Gasteiger partial charge in [-0.05, 0) is 41.8 Å². The van der Waals surface area contributed by atoms with Gasteiger partial charge in [-0.3, -0.25) is 4.79 Å². The molecule has 110 valence electrons. The molecule has 0 saturated heterocycles. The van der Waals surface area contributed by atoms with E-state index in [1.54, 1.807) is 19.2 Å². The Bertz CT molecular complexity index is 610. The second-order valence-electron chi connectivity index (χ2n) is 4.64. The van der Waals surface area contributed by atoms with E-state index in [4.69, 9.17) is 9.47 Å². The summed E-state index contributed by atoms with van der Waals surface area (Å²) in [5, 5.41) is 0. The summed E-state index contributed by atoms with van der Waals surface area (Å²) < 4.78 is 23.3. The average molecular weight is 288 g/mol. The number of methoxy groups -OCH3 is 1. The molecular formula is C17H17FO3. The minimum atomic E-state index is -0.304. The molecule has 0 aliphatic rings. The molecule has 0 amide bonds. The lowest BCUT2D eigenvalue weighted by Gasteiger charge is -2.06. The molecule has 3 nitrogen and oxygen atoms in total. The summed E-state index contributed by atoms with van der Waals surface area (Å²) in [6.07, 6.45) is 0.697. The maximum absolute atomic E-state index is 13.0. The monoisotopic (exact) mass is 288 g/mol. The Labute approximate surface area is 123 Å². The number of hydrogen-bond acceptors (Lipinski definition) is 3. The van der Waals surface area contributed by atoms with Crippen LogP contribution in [0.5, 0.6) is 5.75 Å². The summed E-state index contributed by atoms with van der Waals surface area (Å²) in [6.45, 7) is 0.208. The number of esters is 1. The molecule has 0 bridgehead atoms. The lowest BCUT2D eigenvalue weighted by molar-refractivity contribution is -0.144. The maximum atomic E-state index is 13.0. The number of carbonyl (C=O) groups excluding carboxylic acids is 1. The van der Waals surface area contributed by atoms with E-state index < -0.39 is 0 Å². The predicted octanol–water partition coefficient (Wildman–Crippen LogP) is 3.51. The molecule has 2 rings (SSSR count). The summed E-state index contributed by atoms with van der Waals surface area (Å²) in [5.74, 6) is 0.127. The van der Waals surface area contributed by atoms with Gasteiger partial charge < -0.3 is 9.47 Å². The van der Waals surface area contributed by atoms with Crippen molar-refractivity contribution in [3.63, 3.8) is 0 Å². The molecule has 0 radical (unpaired) electrons. The minimum absolute atomic E-state index is 0.208. The number of aryl methyl sites for hydroxylation is 1. The molecule has 0 atom stereocenters. The van der Waals surface area contributed by atoms with Crippen LogP contribution in [0.1, 0.15) is 17.5 Å². The zero-order valence-corrected chi connectivity index (χ0v) is 11.8. The van der Waals surface area contributed by atoms with Crippen molar-refractivity contribution in [3.8, 4) is 5.75 Å². The molecule has 21 heavy (non-hydrogen) atoms. The Hall–Kier alpha value is -2.36. The van der Waals surface area contributed by atoms with Crippen LogP contribution in [-0.2, 0) is 22.6 Å². The summed E-state index contributed by atoms with van der Waals surface area (Å²) in [7, 11) is 1.59. The van der Waals surface area contributed by atoms with Gasteiger partial charge in [-0.25, -0.2) is 4.39 Å². The molecule has 0 unspecified atom stereocenters. The summed E-state index contributed by atoms with van der Waals surface area (Å²) in [5.41, 5.74) is 1.65. The zero-order valence-electron chi connectivity index (χ0n) is 11.8. The van der Waals surface area contributed by atoms with Gasteiger partial charge in [0, 0.05) is 6.42 Å². The molecule has 0 aromatic heterocycles. The van der Waals surface area contributed by atoms with Gasteiger partial charge in [0.05, 0.1) is 7.11 Å². The summed E-state index contributed by atoms with van der Waals surface area (Å²) in [6, 6.07) is 13.6. The van der Waals surface area contributed by atoms with Crippen LogP contribution in [-0.4, -0.2) is 13.1 Å². The molecule has 2 aromatic carbocycles. The fourth-order valence-corrected chi connectivity index (χ4v) is 1.94. The quantitative estimate of drug-likeness (QED) is 0.763. The van der Waals surface area contributed by atoms with Gasteiger partial charge in [0.1, 0.15) is 18.2 Å². The number of halogens is 1. The molecule has 0 aliphatic heterocycles. The highest BCUT2D eigenvalue weighted by Crippen LogP contribution is 2.14. The van der Waals surface area contributed by atoms with E-state index >= 15 is 0 Å². The Morgan fingerprint density at radius 1 is 1.10 bits per heavy atom. The van der Waals surface area contributed by atoms with Crippen molar-refractivity contribution >= 4 is 5.97 Å². The molecule has 0 spiro atoms. The first-order chi connectivity index (χ1) is 10.2. The van der Waals surface area contributed by atoms with Crippen molar-refractivity contribution < 1.29 is 18.7 Å². The third kappa shape index (κ3) is 4.91. The van der Waals surface area contributed by atoms with E-state index in [1.807, 2.05) is 24.3 Å². The van der Waals surface area contributed by atoms with Crippen LogP contribution in [0, 0.1) is 5.82 Å². The third-order valence-corrected chi connectivity index (χ3v) is 3.04. The van der Waals surface area contributed by atoms with E-state index in [1.165, 1.54) is 12.1 Å². The predicted molar refractivity (Wildman–Crippen MR) is 77.5 cm³/mol. The molecule has 2 aromatic rings. The lowest BCUT2D eigenvalue weighted by atomic mass is 10.1. The van der Waals surface area contributed by atoms with Gasteiger partial charge >= 0.3 is 5.97 Å². The van der Waals surface area contributed by atoms with E-state index in [9.17, 15) is 9.18 Å². The van der Waals surface area contributed by atoms with Crippen LogP contribution in [0.3, 0.4) is 0 Å². The van der Waals surface area contributed by atoms with Crippen molar-refractivity contribution in [1.29, 1.82) is 0 Å². The van der Waals surface area contributed by atoms with E-state index in [2.05, 4.69) is 0 Å². The van der Waals surface area contributed by atoms with Crippen molar-refractivity contribution in [3.05, 3.63) is 65.5 Å². The highest BCUT2D eigenvalue weighted by atomic mass is 19.1. The molecule has 0 fully saturated rings. The number of ether oxygens (including phenoxy) is 2. The normalized spacial score (nSPS) is 10.2. The fourth-order valence-electron chi connectivity index (χ4n) is 1.94. The Morgan fingerprint density at radius 2 is 1.86 bits per heavy atom. The smallest absolute Gasteiger partial charge is 0.306 e. The zero-order chi connectivity index (χ0) is 15.1. The van der Waals surface area contributed by atoms with Gasteiger partial charge in [0.15, 0.2) is 0 Å². The summed E-state index contributed by atoms with van der Waals surface area (Å²) >= 11 is 0. The molecule has 0 saturated carbocycles. The van der Waals surface area contributed by atoms with E-state index in [0.717, 1.165) is 16.9 Å². The molecular weight excluding hydrogens is 271 g/mol. The molecule has 0 N–H and O–H groups in total. The largest absolute Gasteiger partial charge is 0.497 e. The first-order valence-electron chi connectivity index (χ1n) is 6.70. The van der Waals surface area contributed by atoms with E-state index in [0.29, 0.717) is 6.42 Å². The van der Waals surface area contributed by atoms with Crippen molar-refractivity contribution in [2.24, 2.45) is 0 Å². The number of hydrogen-bond donors (Lipinski definition) is 0. The lowest BCUT2D eigenvalue weighted by Crippen LogP contribution is -2.06. The SMILES string of the molecule is COc1cccc(COC(=O)CCc2cccc(F)c2)c1. The first-order valence-corrected chi connectivity index (χ1v) is 6.70. The van der Waals surface area contributed by atoms with Crippen molar-refractivity contribution in [1.82, 2.24) is 0 Å². The number of rotatable bonds is 6. The molecule has 0 aliphatic carbocycles. The molecule has 0 heterocycles. The van der Waals surface area contributed by atoms with Gasteiger partial charge in [-0.1, -0.05) is 24.3 Å². The van der Waals surface area contributed by atoms with Crippen LogP contribution < -0.4 is 4.74 Å². The summed E-state index contributed by atoms with van der Waals surface area (Å²) in [4.78, 5) is 11.7. The van der Waals surface area contributed by atoms with Crippen LogP contribution in [0.25, 0.3) is 0 Å². The highest BCUT2D eigenvalue weighted by molar-refractivity contribution is 5.69. The number of carbonyl (C=O) groups is 1. The van der Waals surface area contributed by atoms with Crippen molar-refractivity contribution in [2.45, 2.75) is 19.4 Å². The van der Waals surface area contributed by atoms with Gasteiger partial charge in [-0.2, -0.15) is 0 Å². The van der Waals surface area contributed by atoms with E-state index in [-0.39, 0.29) is 24.8 Å². The fraction of sp³-hybridized carbons (Fsp3) is 0.235. The number of benzene rings is 2. The molecule has 4 heteroatoms. The van der Waals surface area contributed by atoms with Crippen LogP contribution >= 0.6 is 0 Å². The highest BCUT2D eigenvalue weighted by Gasteiger charge is 2.05. The Balaban J connectivity index is 1.79. The Kier molecular flexibility index (Phi) is 5.32. The van der Waals surface area contributed by atoms with Crippen LogP contribution in [0.4, 0.5) is 4.39 Å². The topological polar surface area (TPSA) is 35.5 Å². The maximum Gasteiger partial charge on any atom is 0.306 e.